The maximum absolute atomic E-state index is 12.8. The first kappa shape index (κ1) is 19.3. The predicted octanol–water partition coefficient (Wildman–Crippen LogP) is 4.77. The van der Waals surface area contributed by atoms with Crippen molar-refractivity contribution in [2.45, 2.75) is 0 Å². The third kappa shape index (κ3) is 3.65. The van der Waals surface area contributed by atoms with Crippen LogP contribution in [0.1, 0.15) is 10.4 Å². The van der Waals surface area contributed by atoms with Gasteiger partial charge in [0.2, 0.25) is 11.6 Å². The van der Waals surface area contributed by atoms with Crippen molar-refractivity contribution in [3.05, 3.63) is 66.2 Å². The zero-order valence-corrected chi connectivity index (χ0v) is 16.8. The van der Waals surface area contributed by atoms with Crippen molar-refractivity contribution < 1.29 is 23.4 Å². The number of para-hydroxylation sites is 2. The Morgan fingerprint density at radius 1 is 0.900 bits per heavy atom. The van der Waals surface area contributed by atoms with E-state index in [1.807, 2.05) is 36.4 Å². The summed E-state index contributed by atoms with van der Waals surface area (Å²) in [6.45, 7) is 0. The summed E-state index contributed by atoms with van der Waals surface area (Å²) in [5.74, 6) is 1.41. The van der Waals surface area contributed by atoms with Gasteiger partial charge in [-0.3, -0.25) is 4.79 Å². The molecular weight excluding hydrogens is 384 g/mol. The van der Waals surface area contributed by atoms with Gasteiger partial charge in [-0.2, -0.15) is 0 Å². The molecule has 1 amide bonds. The van der Waals surface area contributed by atoms with Gasteiger partial charge in [0.15, 0.2) is 17.1 Å². The summed E-state index contributed by atoms with van der Waals surface area (Å²) in [5.41, 5.74) is 3.22. The highest BCUT2D eigenvalue weighted by atomic mass is 16.5. The Bertz CT molecular complexity index is 1160. The molecular formula is C23H20N2O5. The summed E-state index contributed by atoms with van der Waals surface area (Å²) in [6.07, 6.45) is 0. The SMILES string of the molecule is COc1cc(C(=O)Nc2cccc(-c3nc4ccccc4o3)c2)cc(OC)c1OC. The van der Waals surface area contributed by atoms with Crippen LogP contribution in [0.25, 0.3) is 22.6 Å². The Hall–Kier alpha value is -4.00. The Morgan fingerprint density at radius 2 is 1.63 bits per heavy atom. The van der Waals surface area contributed by atoms with Crippen LogP contribution in [0, 0.1) is 0 Å². The van der Waals surface area contributed by atoms with Crippen LogP contribution in [0.15, 0.2) is 65.1 Å². The summed E-state index contributed by atoms with van der Waals surface area (Å²) in [4.78, 5) is 17.3. The highest BCUT2D eigenvalue weighted by molar-refractivity contribution is 6.05. The molecule has 1 aromatic heterocycles. The summed E-state index contributed by atoms with van der Waals surface area (Å²) in [5, 5.41) is 2.88. The van der Waals surface area contributed by atoms with Gasteiger partial charge in [0, 0.05) is 16.8 Å². The van der Waals surface area contributed by atoms with E-state index in [0.29, 0.717) is 40.0 Å². The van der Waals surface area contributed by atoms with Gasteiger partial charge >= 0.3 is 0 Å². The molecule has 1 N–H and O–H groups in total. The fourth-order valence-electron chi connectivity index (χ4n) is 3.14. The summed E-state index contributed by atoms with van der Waals surface area (Å²) in [6, 6.07) is 18.1. The molecule has 0 radical (unpaired) electrons. The van der Waals surface area contributed by atoms with E-state index in [-0.39, 0.29) is 5.91 Å². The number of hydrogen-bond donors (Lipinski definition) is 1. The number of methoxy groups -OCH3 is 3. The van der Waals surface area contributed by atoms with Crippen LogP contribution in [-0.4, -0.2) is 32.2 Å². The molecule has 0 aliphatic rings. The first-order valence-corrected chi connectivity index (χ1v) is 9.20. The minimum atomic E-state index is -0.316. The van der Waals surface area contributed by atoms with E-state index in [9.17, 15) is 4.79 Å². The standard InChI is InChI=1S/C23H20N2O5/c1-27-19-12-15(13-20(28-2)21(19)29-3)22(26)24-16-8-6-7-14(11-16)23-25-17-9-4-5-10-18(17)30-23/h4-13H,1-3H3,(H,24,26). The zero-order chi connectivity index (χ0) is 21.1. The molecule has 0 spiro atoms. The number of oxazole rings is 1. The van der Waals surface area contributed by atoms with E-state index in [2.05, 4.69) is 10.3 Å². The van der Waals surface area contributed by atoms with Crippen LogP contribution in [0.5, 0.6) is 17.2 Å². The number of carbonyl (C=O) groups excluding carboxylic acids is 1. The average molecular weight is 404 g/mol. The number of benzene rings is 3. The zero-order valence-electron chi connectivity index (χ0n) is 16.8. The number of aromatic nitrogens is 1. The molecule has 4 rings (SSSR count). The fourth-order valence-corrected chi connectivity index (χ4v) is 3.14. The highest BCUT2D eigenvalue weighted by Gasteiger charge is 2.17. The number of nitrogens with one attached hydrogen (secondary N) is 1. The minimum Gasteiger partial charge on any atom is -0.493 e. The van der Waals surface area contributed by atoms with Gasteiger partial charge < -0.3 is 23.9 Å². The lowest BCUT2D eigenvalue weighted by Gasteiger charge is -2.14. The number of nitrogens with zero attached hydrogens (tertiary/aromatic N) is 1. The maximum atomic E-state index is 12.8. The number of amides is 1. The van der Waals surface area contributed by atoms with Crippen molar-refractivity contribution in [1.29, 1.82) is 0 Å². The normalized spacial score (nSPS) is 10.6. The lowest BCUT2D eigenvalue weighted by Crippen LogP contribution is -2.12. The van der Waals surface area contributed by atoms with E-state index in [1.54, 1.807) is 24.3 Å². The number of fused-ring (bicyclic) bond motifs is 1. The van der Waals surface area contributed by atoms with Crippen LogP contribution in [0.4, 0.5) is 5.69 Å². The van der Waals surface area contributed by atoms with Crippen molar-refractivity contribution in [1.82, 2.24) is 4.98 Å². The van der Waals surface area contributed by atoms with Crippen LogP contribution in [0.2, 0.25) is 0 Å². The van der Waals surface area contributed by atoms with Crippen molar-refractivity contribution in [3.8, 4) is 28.7 Å². The molecule has 0 saturated heterocycles. The van der Waals surface area contributed by atoms with E-state index in [1.165, 1.54) is 21.3 Å². The van der Waals surface area contributed by atoms with Gasteiger partial charge in [0.05, 0.1) is 21.3 Å². The van der Waals surface area contributed by atoms with Crippen LogP contribution >= 0.6 is 0 Å². The van der Waals surface area contributed by atoms with Gasteiger partial charge in [0.1, 0.15) is 5.52 Å². The average Bonchev–Trinajstić information content (AvgIpc) is 3.22. The van der Waals surface area contributed by atoms with Crippen LogP contribution in [0.3, 0.4) is 0 Å². The number of ether oxygens (including phenoxy) is 3. The summed E-state index contributed by atoms with van der Waals surface area (Å²) < 4.78 is 21.8. The topological polar surface area (TPSA) is 82.8 Å². The second-order valence-corrected chi connectivity index (χ2v) is 6.44. The first-order valence-electron chi connectivity index (χ1n) is 9.20. The molecule has 0 atom stereocenters. The number of anilines is 1. The third-order valence-corrected chi connectivity index (χ3v) is 4.59. The van der Waals surface area contributed by atoms with Crippen molar-refractivity contribution in [2.24, 2.45) is 0 Å². The predicted molar refractivity (Wildman–Crippen MR) is 113 cm³/mol. The minimum absolute atomic E-state index is 0.316. The quantitative estimate of drug-likeness (QED) is 0.498. The van der Waals surface area contributed by atoms with Gasteiger partial charge in [-0.05, 0) is 42.5 Å². The molecule has 0 saturated carbocycles. The first-order chi connectivity index (χ1) is 14.6. The van der Waals surface area contributed by atoms with Crippen molar-refractivity contribution in [3.63, 3.8) is 0 Å². The Labute approximate surface area is 173 Å². The lowest BCUT2D eigenvalue weighted by molar-refractivity contribution is 0.102. The number of hydrogen-bond acceptors (Lipinski definition) is 6. The van der Waals surface area contributed by atoms with E-state index in [0.717, 1.165) is 11.1 Å². The van der Waals surface area contributed by atoms with Crippen molar-refractivity contribution >= 4 is 22.7 Å². The van der Waals surface area contributed by atoms with Gasteiger partial charge in [-0.25, -0.2) is 4.98 Å². The third-order valence-electron chi connectivity index (χ3n) is 4.59. The molecule has 4 aromatic rings. The van der Waals surface area contributed by atoms with Gasteiger partial charge in [-0.1, -0.05) is 18.2 Å². The molecule has 3 aromatic carbocycles. The Morgan fingerprint density at radius 3 is 2.30 bits per heavy atom. The second-order valence-electron chi connectivity index (χ2n) is 6.44. The van der Waals surface area contributed by atoms with E-state index in [4.69, 9.17) is 18.6 Å². The highest BCUT2D eigenvalue weighted by Crippen LogP contribution is 2.38. The number of carbonyl (C=O) groups is 1. The van der Waals surface area contributed by atoms with Crippen LogP contribution in [-0.2, 0) is 0 Å². The molecule has 0 fully saturated rings. The van der Waals surface area contributed by atoms with E-state index < -0.39 is 0 Å². The molecule has 7 nitrogen and oxygen atoms in total. The van der Waals surface area contributed by atoms with Crippen molar-refractivity contribution in [2.75, 3.05) is 26.6 Å². The molecule has 30 heavy (non-hydrogen) atoms. The van der Waals surface area contributed by atoms with Crippen LogP contribution < -0.4 is 19.5 Å². The molecule has 0 aliphatic heterocycles. The smallest absolute Gasteiger partial charge is 0.255 e. The molecule has 0 aliphatic carbocycles. The second kappa shape index (κ2) is 8.16. The Kier molecular flexibility index (Phi) is 5.26. The summed E-state index contributed by atoms with van der Waals surface area (Å²) >= 11 is 0. The largest absolute Gasteiger partial charge is 0.493 e. The molecule has 7 heteroatoms. The molecule has 152 valence electrons. The number of rotatable bonds is 6. The molecule has 1 heterocycles. The van der Waals surface area contributed by atoms with E-state index >= 15 is 0 Å². The van der Waals surface area contributed by atoms with Gasteiger partial charge in [-0.15, -0.1) is 0 Å². The fraction of sp³-hybridized carbons (Fsp3) is 0.130. The maximum Gasteiger partial charge on any atom is 0.255 e. The van der Waals surface area contributed by atoms with Gasteiger partial charge in [0.25, 0.3) is 5.91 Å². The molecule has 0 unspecified atom stereocenters. The lowest BCUT2D eigenvalue weighted by atomic mass is 10.1. The monoisotopic (exact) mass is 404 g/mol. The Balaban J connectivity index is 1.62. The summed E-state index contributed by atoms with van der Waals surface area (Å²) in [7, 11) is 4.52. The molecule has 0 bridgehead atoms.